The zero-order valence-corrected chi connectivity index (χ0v) is 21.0. The second-order valence-corrected chi connectivity index (χ2v) is 9.75. The lowest BCUT2D eigenvalue weighted by atomic mass is 9.75. The number of benzene rings is 2. The molecule has 37 heavy (non-hydrogen) atoms. The van der Waals surface area contributed by atoms with Gasteiger partial charge in [0.05, 0.1) is 11.1 Å². The molecule has 1 aliphatic rings. The van der Waals surface area contributed by atoms with Crippen LogP contribution in [0.15, 0.2) is 54.7 Å². The number of nitrogens with zero attached hydrogens (tertiary/aromatic N) is 1. The van der Waals surface area contributed by atoms with Crippen LogP contribution in [0.3, 0.4) is 0 Å². The Morgan fingerprint density at radius 3 is 2.38 bits per heavy atom. The average Bonchev–Trinajstić information content (AvgIpc) is 2.89. The number of carbonyl (C=O) groups is 2. The molecule has 1 aliphatic carbocycles. The Morgan fingerprint density at radius 1 is 1.03 bits per heavy atom. The average molecular weight is 533 g/mol. The largest absolute Gasteiger partial charge is 0.416 e. The minimum atomic E-state index is -4.41. The molecule has 0 bridgehead atoms. The number of urea groups is 1. The fourth-order valence-corrected chi connectivity index (χ4v) is 5.20. The molecule has 1 aromatic heterocycles. The molecule has 10 heteroatoms. The summed E-state index contributed by atoms with van der Waals surface area (Å²) in [6.07, 6.45) is 1.19. The van der Waals surface area contributed by atoms with Gasteiger partial charge in [0.15, 0.2) is 0 Å². The van der Waals surface area contributed by atoms with Crippen molar-refractivity contribution in [2.75, 3.05) is 0 Å². The molecule has 4 rings (SSSR count). The number of rotatable bonds is 5. The Hall–Kier alpha value is -3.33. The number of amides is 3. The summed E-state index contributed by atoms with van der Waals surface area (Å²) in [5, 5.41) is 3.99. The standard InChI is InChI=1S/C27H28ClF3N4O2/c1-2-23(33-26(37)35-34-25(36)18-7-10-20(28)11-8-18)17-5-3-16(4-6-17)21-13-14-32-24-12-9-19(15-22(21)24)27(29,30)31/h7-17,23H,2-6H2,1H3,(H,34,36)(H2,33,35,37). The molecule has 3 amide bonds. The molecular weight excluding hydrogens is 505 g/mol. The zero-order valence-electron chi connectivity index (χ0n) is 20.2. The Kier molecular flexibility index (Phi) is 8.22. The molecule has 0 saturated heterocycles. The van der Waals surface area contributed by atoms with Crippen LogP contribution >= 0.6 is 11.6 Å². The number of nitrogens with one attached hydrogen (secondary N) is 3. The van der Waals surface area contributed by atoms with E-state index in [0.717, 1.165) is 37.3 Å². The summed E-state index contributed by atoms with van der Waals surface area (Å²) < 4.78 is 39.9. The minimum absolute atomic E-state index is 0.0978. The summed E-state index contributed by atoms with van der Waals surface area (Å²) in [6, 6.07) is 11.2. The van der Waals surface area contributed by atoms with Gasteiger partial charge in [-0.05, 0) is 98.0 Å². The van der Waals surface area contributed by atoms with Crippen molar-refractivity contribution in [1.82, 2.24) is 21.2 Å². The monoisotopic (exact) mass is 532 g/mol. The van der Waals surface area contributed by atoms with Crippen LogP contribution in [0.25, 0.3) is 10.9 Å². The Balaban J connectivity index is 1.34. The van der Waals surface area contributed by atoms with E-state index >= 15 is 0 Å². The second-order valence-electron chi connectivity index (χ2n) is 9.32. The van der Waals surface area contributed by atoms with E-state index < -0.39 is 23.7 Å². The smallest absolute Gasteiger partial charge is 0.334 e. The third-order valence-electron chi connectivity index (χ3n) is 7.04. The van der Waals surface area contributed by atoms with Crippen LogP contribution in [-0.2, 0) is 6.18 Å². The van der Waals surface area contributed by atoms with Crippen molar-refractivity contribution in [2.24, 2.45) is 5.92 Å². The first-order chi connectivity index (χ1) is 17.7. The van der Waals surface area contributed by atoms with Crippen LogP contribution in [0.5, 0.6) is 0 Å². The fourth-order valence-electron chi connectivity index (χ4n) is 5.08. The molecule has 0 spiro atoms. The minimum Gasteiger partial charge on any atom is -0.334 e. The van der Waals surface area contributed by atoms with Crippen molar-refractivity contribution in [2.45, 2.75) is 57.2 Å². The third-order valence-corrected chi connectivity index (χ3v) is 7.29. The van der Waals surface area contributed by atoms with Crippen LogP contribution in [-0.4, -0.2) is 23.0 Å². The first-order valence-corrected chi connectivity index (χ1v) is 12.6. The number of halogens is 4. The summed E-state index contributed by atoms with van der Waals surface area (Å²) >= 11 is 5.83. The maximum absolute atomic E-state index is 13.3. The van der Waals surface area contributed by atoms with E-state index in [1.807, 2.05) is 13.0 Å². The normalized spacial score (nSPS) is 18.7. The summed E-state index contributed by atoms with van der Waals surface area (Å²) in [5.41, 5.74) is 5.90. The molecule has 1 saturated carbocycles. The fraction of sp³-hybridized carbons (Fsp3) is 0.370. The number of carbonyl (C=O) groups excluding carboxylic acids is 2. The molecule has 196 valence electrons. The van der Waals surface area contributed by atoms with Crippen molar-refractivity contribution in [3.05, 3.63) is 76.4 Å². The van der Waals surface area contributed by atoms with Crippen LogP contribution in [0.2, 0.25) is 5.02 Å². The van der Waals surface area contributed by atoms with Crippen molar-refractivity contribution in [3.63, 3.8) is 0 Å². The number of fused-ring (bicyclic) bond motifs is 1. The predicted molar refractivity (Wildman–Crippen MR) is 136 cm³/mol. The lowest BCUT2D eigenvalue weighted by molar-refractivity contribution is -0.137. The molecule has 0 aliphatic heterocycles. The lowest BCUT2D eigenvalue weighted by Crippen LogP contribution is -2.51. The molecule has 6 nitrogen and oxygen atoms in total. The van der Waals surface area contributed by atoms with Crippen molar-refractivity contribution in [3.8, 4) is 0 Å². The molecule has 2 aromatic carbocycles. The quantitative estimate of drug-likeness (QED) is 0.324. The number of aromatic nitrogens is 1. The van der Waals surface area contributed by atoms with Gasteiger partial charge in [-0.2, -0.15) is 13.2 Å². The summed E-state index contributed by atoms with van der Waals surface area (Å²) in [6.45, 7) is 1.98. The highest BCUT2D eigenvalue weighted by Gasteiger charge is 2.32. The molecule has 3 aromatic rings. The van der Waals surface area contributed by atoms with Crippen LogP contribution in [0, 0.1) is 5.92 Å². The topological polar surface area (TPSA) is 83.1 Å². The van der Waals surface area contributed by atoms with E-state index in [0.29, 0.717) is 27.9 Å². The van der Waals surface area contributed by atoms with Gasteiger partial charge in [0.2, 0.25) is 0 Å². The first-order valence-electron chi connectivity index (χ1n) is 12.2. The van der Waals surface area contributed by atoms with Gasteiger partial charge in [-0.3, -0.25) is 15.2 Å². The summed E-state index contributed by atoms with van der Waals surface area (Å²) in [5.74, 6) is -0.119. The van der Waals surface area contributed by atoms with Crippen LogP contribution in [0.1, 0.15) is 66.4 Å². The number of alkyl halides is 3. The maximum Gasteiger partial charge on any atom is 0.416 e. The molecule has 1 atom stereocenters. The maximum atomic E-state index is 13.3. The Labute approximate surface area is 218 Å². The van der Waals surface area contributed by atoms with Gasteiger partial charge < -0.3 is 5.32 Å². The SMILES string of the molecule is CCC(NC(=O)NNC(=O)c1ccc(Cl)cc1)C1CCC(c2ccnc3ccc(C(F)(F)F)cc23)CC1. The van der Waals surface area contributed by atoms with Gasteiger partial charge in [-0.15, -0.1) is 0 Å². The zero-order chi connectivity index (χ0) is 26.6. The van der Waals surface area contributed by atoms with Crippen molar-refractivity contribution in [1.29, 1.82) is 0 Å². The lowest BCUT2D eigenvalue weighted by Gasteiger charge is -2.34. The Morgan fingerprint density at radius 2 is 1.73 bits per heavy atom. The van der Waals surface area contributed by atoms with Crippen LogP contribution < -0.4 is 16.2 Å². The van der Waals surface area contributed by atoms with E-state index in [1.54, 1.807) is 30.5 Å². The van der Waals surface area contributed by atoms with Gasteiger partial charge in [0, 0.05) is 28.2 Å². The molecule has 1 fully saturated rings. The van der Waals surface area contributed by atoms with Gasteiger partial charge in [0.1, 0.15) is 0 Å². The molecule has 0 radical (unpaired) electrons. The van der Waals surface area contributed by atoms with E-state index in [2.05, 4.69) is 21.2 Å². The van der Waals surface area contributed by atoms with Crippen molar-refractivity contribution >= 4 is 34.4 Å². The van der Waals surface area contributed by atoms with E-state index in [4.69, 9.17) is 11.6 Å². The molecule has 1 unspecified atom stereocenters. The summed E-state index contributed by atoms with van der Waals surface area (Å²) in [7, 11) is 0. The highest BCUT2D eigenvalue weighted by atomic mass is 35.5. The highest BCUT2D eigenvalue weighted by Crippen LogP contribution is 2.41. The van der Waals surface area contributed by atoms with Gasteiger partial charge in [0.25, 0.3) is 5.91 Å². The number of hydrazine groups is 1. The molecule has 1 heterocycles. The van der Waals surface area contributed by atoms with Crippen molar-refractivity contribution < 1.29 is 22.8 Å². The second kappa shape index (κ2) is 11.4. The highest BCUT2D eigenvalue weighted by molar-refractivity contribution is 6.30. The van der Waals surface area contributed by atoms with Gasteiger partial charge >= 0.3 is 12.2 Å². The number of hydrogen-bond donors (Lipinski definition) is 3. The van der Waals surface area contributed by atoms with E-state index in [-0.39, 0.29) is 17.9 Å². The third kappa shape index (κ3) is 6.52. The van der Waals surface area contributed by atoms with E-state index in [1.165, 1.54) is 12.1 Å². The van der Waals surface area contributed by atoms with Crippen LogP contribution in [0.4, 0.5) is 18.0 Å². The van der Waals surface area contributed by atoms with E-state index in [9.17, 15) is 22.8 Å². The van der Waals surface area contributed by atoms with Gasteiger partial charge in [-0.25, -0.2) is 10.2 Å². The number of hydrogen-bond acceptors (Lipinski definition) is 3. The number of pyridine rings is 1. The molecular formula is C27H28ClF3N4O2. The molecule has 3 N–H and O–H groups in total. The summed E-state index contributed by atoms with van der Waals surface area (Å²) in [4.78, 5) is 28.9. The van der Waals surface area contributed by atoms with Gasteiger partial charge in [-0.1, -0.05) is 18.5 Å². The predicted octanol–water partition coefficient (Wildman–Crippen LogP) is 6.60. The Bertz CT molecular complexity index is 1260. The first kappa shape index (κ1) is 26.7.